The summed E-state index contributed by atoms with van der Waals surface area (Å²) in [6, 6.07) is 0.306. The molecule has 19 heavy (non-hydrogen) atoms. The lowest BCUT2D eigenvalue weighted by Gasteiger charge is -2.23. The van der Waals surface area contributed by atoms with Gasteiger partial charge in [0.05, 0.1) is 23.9 Å². The molecule has 1 N–H and O–H groups in total. The number of fused-ring (bicyclic) bond motifs is 1. The van der Waals surface area contributed by atoms with E-state index in [9.17, 15) is 0 Å². The molecule has 3 unspecified atom stereocenters. The standard InChI is InChI=1S/C15H24N2OS/c1-3-9-16-14(12-8-7-10(2)18-12)15-17-11-5-4-6-13(11)19-15/h10,12,14,16H,3-9H2,1-2H3. The quantitative estimate of drug-likeness (QED) is 0.899. The zero-order valence-corrected chi connectivity index (χ0v) is 12.8. The smallest absolute Gasteiger partial charge is 0.113 e. The fraction of sp³-hybridized carbons (Fsp3) is 0.800. The van der Waals surface area contributed by atoms with E-state index in [0.29, 0.717) is 18.2 Å². The van der Waals surface area contributed by atoms with Gasteiger partial charge < -0.3 is 10.1 Å². The Balaban J connectivity index is 1.77. The summed E-state index contributed by atoms with van der Waals surface area (Å²) in [5.74, 6) is 0. The van der Waals surface area contributed by atoms with Gasteiger partial charge in [-0.2, -0.15) is 0 Å². The Kier molecular flexibility index (Phi) is 4.20. The third kappa shape index (κ3) is 2.86. The number of hydrogen-bond donors (Lipinski definition) is 1. The van der Waals surface area contributed by atoms with Crippen molar-refractivity contribution in [3.8, 4) is 0 Å². The van der Waals surface area contributed by atoms with Crippen LogP contribution in [0.2, 0.25) is 0 Å². The van der Waals surface area contributed by atoms with Crippen molar-refractivity contribution < 1.29 is 4.74 Å². The van der Waals surface area contributed by atoms with Crippen LogP contribution in [0.3, 0.4) is 0 Å². The Hall–Kier alpha value is -0.450. The van der Waals surface area contributed by atoms with Crippen molar-refractivity contribution >= 4 is 11.3 Å². The van der Waals surface area contributed by atoms with Crippen LogP contribution in [0.4, 0.5) is 0 Å². The van der Waals surface area contributed by atoms with Gasteiger partial charge in [-0.3, -0.25) is 0 Å². The molecule has 0 aromatic carbocycles. The van der Waals surface area contributed by atoms with Crippen LogP contribution in [-0.2, 0) is 17.6 Å². The van der Waals surface area contributed by atoms with Crippen molar-refractivity contribution in [3.05, 3.63) is 15.6 Å². The minimum Gasteiger partial charge on any atom is -0.373 e. The maximum atomic E-state index is 6.08. The molecule has 1 aromatic heterocycles. The minimum atomic E-state index is 0.306. The minimum absolute atomic E-state index is 0.306. The molecule has 0 bridgehead atoms. The van der Waals surface area contributed by atoms with Gasteiger partial charge in [0, 0.05) is 4.88 Å². The van der Waals surface area contributed by atoms with Gasteiger partial charge in [-0.05, 0) is 52.0 Å². The number of aromatic nitrogens is 1. The molecule has 1 saturated heterocycles. The highest BCUT2D eigenvalue weighted by Gasteiger charge is 2.33. The fourth-order valence-electron chi connectivity index (χ4n) is 3.10. The third-order valence-corrected chi connectivity index (χ3v) is 5.37. The molecule has 0 radical (unpaired) electrons. The van der Waals surface area contributed by atoms with Gasteiger partial charge in [-0.15, -0.1) is 11.3 Å². The van der Waals surface area contributed by atoms with Crippen molar-refractivity contribution in [2.24, 2.45) is 0 Å². The molecule has 1 aromatic rings. The molecule has 2 heterocycles. The van der Waals surface area contributed by atoms with Crippen molar-refractivity contribution in [1.29, 1.82) is 0 Å². The second-order valence-corrected chi connectivity index (χ2v) is 6.89. The number of nitrogens with zero attached hydrogens (tertiary/aromatic N) is 1. The van der Waals surface area contributed by atoms with Crippen LogP contribution in [0.25, 0.3) is 0 Å². The first kappa shape index (κ1) is 13.5. The average molecular weight is 280 g/mol. The highest BCUT2D eigenvalue weighted by molar-refractivity contribution is 7.11. The van der Waals surface area contributed by atoms with Crippen molar-refractivity contribution in [1.82, 2.24) is 10.3 Å². The Morgan fingerprint density at radius 3 is 3.00 bits per heavy atom. The maximum absolute atomic E-state index is 6.08. The second kappa shape index (κ2) is 5.90. The van der Waals surface area contributed by atoms with Gasteiger partial charge in [0.1, 0.15) is 5.01 Å². The van der Waals surface area contributed by atoms with Gasteiger partial charge in [-0.1, -0.05) is 6.92 Å². The molecule has 106 valence electrons. The number of ether oxygens (including phenoxy) is 1. The Morgan fingerprint density at radius 1 is 1.42 bits per heavy atom. The SMILES string of the molecule is CCCNC(c1nc2c(s1)CCC2)C1CCC(C)O1. The summed E-state index contributed by atoms with van der Waals surface area (Å²) in [5.41, 5.74) is 1.36. The summed E-state index contributed by atoms with van der Waals surface area (Å²) in [7, 11) is 0. The molecule has 4 heteroatoms. The predicted molar refractivity (Wildman–Crippen MR) is 78.7 cm³/mol. The largest absolute Gasteiger partial charge is 0.373 e. The Bertz CT molecular complexity index is 410. The summed E-state index contributed by atoms with van der Waals surface area (Å²) < 4.78 is 6.08. The first-order valence-electron chi connectivity index (χ1n) is 7.65. The van der Waals surface area contributed by atoms with E-state index in [2.05, 4.69) is 19.2 Å². The highest BCUT2D eigenvalue weighted by Crippen LogP contribution is 2.35. The van der Waals surface area contributed by atoms with Crippen LogP contribution >= 0.6 is 11.3 Å². The van der Waals surface area contributed by atoms with Crippen molar-refractivity contribution in [2.45, 2.75) is 70.6 Å². The molecule has 1 fully saturated rings. The monoisotopic (exact) mass is 280 g/mol. The van der Waals surface area contributed by atoms with Crippen molar-refractivity contribution in [2.75, 3.05) is 6.54 Å². The molecular formula is C15H24N2OS. The summed E-state index contributed by atoms with van der Waals surface area (Å²) in [4.78, 5) is 6.41. The first-order chi connectivity index (χ1) is 9.28. The van der Waals surface area contributed by atoms with E-state index in [1.807, 2.05) is 11.3 Å². The summed E-state index contributed by atoms with van der Waals surface area (Å²) in [6.07, 6.45) is 7.91. The van der Waals surface area contributed by atoms with E-state index in [-0.39, 0.29) is 0 Å². The lowest BCUT2D eigenvalue weighted by atomic mass is 10.1. The number of aryl methyl sites for hydroxylation is 2. The molecule has 3 nitrogen and oxygen atoms in total. The van der Waals surface area contributed by atoms with Crippen LogP contribution in [0.5, 0.6) is 0 Å². The predicted octanol–water partition coefficient (Wildman–Crippen LogP) is 3.24. The van der Waals surface area contributed by atoms with Crippen LogP contribution in [0.15, 0.2) is 0 Å². The Labute approximate surface area is 119 Å². The number of nitrogens with one attached hydrogen (secondary N) is 1. The summed E-state index contributed by atoms with van der Waals surface area (Å²) in [5, 5.41) is 4.92. The van der Waals surface area contributed by atoms with Gasteiger partial charge in [0.25, 0.3) is 0 Å². The molecule has 0 saturated carbocycles. The maximum Gasteiger partial charge on any atom is 0.113 e. The van der Waals surface area contributed by atoms with Crippen LogP contribution in [-0.4, -0.2) is 23.7 Å². The molecule has 3 atom stereocenters. The first-order valence-corrected chi connectivity index (χ1v) is 8.47. The Morgan fingerprint density at radius 2 is 2.32 bits per heavy atom. The zero-order valence-electron chi connectivity index (χ0n) is 11.9. The molecule has 0 spiro atoms. The molecule has 1 aliphatic heterocycles. The molecule has 1 aliphatic carbocycles. The normalized spacial score (nSPS) is 27.7. The zero-order chi connectivity index (χ0) is 13.2. The van der Waals surface area contributed by atoms with Gasteiger partial charge in [0.15, 0.2) is 0 Å². The van der Waals surface area contributed by atoms with E-state index in [1.165, 1.54) is 41.3 Å². The summed E-state index contributed by atoms with van der Waals surface area (Å²) in [6.45, 7) is 5.44. The van der Waals surface area contributed by atoms with Crippen LogP contribution < -0.4 is 5.32 Å². The van der Waals surface area contributed by atoms with Gasteiger partial charge >= 0.3 is 0 Å². The van der Waals surface area contributed by atoms with E-state index < -0.39 is 0 Å². The number of thiazole rings is 1. The molecule has 3 rings (SSSR count). The van der Waals surface area contributed by atoms with Crippen molar-refractivity contribution in [3.63, 3.8) is 0 Å². The van der Waals surface area contributed by atoms with E-state index in [1.54, 1.807) is 0 Å². The second-order valence-electron chi connectivity index (χ2n) is 5.77. The molecular weight excluding hydrogens is 256 g/mol. The van der Waals surface area contributed by atoms with Crippen LogP contribution in [0, 0.1) is 0 Å². The number of rotatable bonds is 5. The van der Waals surface area contributed by atoms with E-state index >= 15 is 0 Å². The van der Waals surface area contributed by atoms with Crippen LogP contribution in [0.1, 0.15) is 61.2 Å². The van der Waals surface area contributed by atoms with E-state index in [4.69, 9.17) is 9.72 Å². The fourth-order valence-corrected chi connectivity index (χ4v) is 4.38. The lowest BCUT2D eigenvalue weighted by Crippen LogP contribution is -2.32. The average Bonchev–Trinajstić information content (AvgIpc) is 3.05. The third-order valence-electron chi connectivity index (χ3n) is 4.13. The van der Waals surface area contributed by atoms with Gasteiger partial charge in [-0.25, -0.2) is 4.98 Å². The molecule has 0 amide bonds. The lowest BCUT2D eigenvalue weighted by molar-refractivity contribution is 0.0315. The highest BCUT2D eigenvalue weighted by atomic mass is 32.1. The number of hydrogen-bond acceptors (Lipinski definition) is 4. The van der Waals surface area contributed by atoms with Gasteiger partial charge in [0.2, 0.25) is 0 Å². The summed E-state index contributed by atoms with van der Waals surface area (Å²) >= 11 is 1.92. The molecule has 2 aliphatic rings. The van der Waals surface area contributed by atoms with E-state index in [0.717, 1.165) is 19.4 Å². The topological polar surface area (TPSA) is 34.2 Å².